The van der Waals surface area contributed by atoms with Gasteiger partial charge in [0.15, 0.2) is 0 Å². The molecule has 2 saturated heterocycles. The molecular formula is C29H30F4N2O4. The average Bonchev–Trinajstić information content (AvgIpc) is 3.14. The van der Waals surface area contributed by atoms with Crippen molar-refractivity contribution in [3.05, 3.63) is 77.6 Å². The number of aliphatic carboxylic acids is 1. The number of carbonyl (C=O) groups excluding carboxylic acids is 1. The van der Waals surface area contributed by atoms with Crippen LogP contribution in [0.4, 0.5) is 17.6 Å². The van der Waals surface area contributed by atoms with E-state index in [9.17, 15) is 27.5 Å². The largest absolute Gasteiger partial charge is 0.507 e. The van der Waals surface area contributed by atoms with Gasteiger partial charge in [-0.3, -0.25) is 9.69 Å². The van der Waals surface area contributed by atoms with Crippen molar-refractivity contribution in [3.63, 3.8) is 0 Å². The Morgan fingerprint density at radius 3 is 2.08 bits per heavy atom. The minimum atomic E-state index is -5.08. The molecule has 0 bridgehead atoms. The molecule has 6 nitrogen and oxygen atoms in total. The molecule has 208 valence electrons. The highest BCUT2D eigenvalue weighted by molar-refractivity contribution is 6.01. The van der Waals surface area contributed by atoms with E-state index in [1.54, 1.807) is 6.07 Å². The standard InChI is InChI=1S/C27H29FN2O2.C2HF3O2/c28-23-9-7-20(8-10-23)19-30-15-4-12-27(30)11-3-14-29(16-13-27)26(32)24-17-21-5-1-2-6-22(21)18-25(24)31;3-2(4,5)1(6)7/h1-2,5-10,17-18,31H,3-4,11-16,19H2;(H,6,7). The molecule has 2 fully saturated rings. The third-order valence-electron chi connectivity index (χ3n) is 7.57. The van der Waals surface area contributed by atoms with Crippen LogP contribution in [0.2, 0.25) is 0 Å². The van der Waals surface area contributed by atoms with Gasteiger partial charge in [0.1, 0.15) is 11.6 Å². The number of likely N-dealkylation sites (tertiary alicyclic amines) is 2. The molecular weight excluding hydrogens is 516 g/mol. The summed E-state index contributed by atoms with van der Waals surface area (Å²) in [6, 6.07) is 18.1. The zero-order valence-electron chi connectivity index (χ0n) is 21.3. The maximum absolute atomic E-state index is 13.3. The molecule has 2 heterocycles. The van der Waals surface area contributed by atoms with Gasteiger partial charge in [-0.2, -0.15) is 13.2 Å². The first-order chi connectivity index (χ1) is 18.5. The van der Waals surface area contributed by atoms with Crippen LogP contribution >= 0.6 is 0 Å². The Bertz CT molecular complexity index is 1330. The summed E-state index contributed by atoms with van der Waals surface area (Å²) in [5.74, 6) is -3.00. The molecule has 2 aliphatic heterocycles. The summed E-state index contributed by atoms with van der Waals surface area (Å²) in [5, 5.41) is 19.5. The highest BCUT2D eigenvalue weighted by Gasteiger charge is 2.42. The Labute approximate surface area is 223 Å². The molecule has 2 N–H and O–H groups in total. The van der Waals surface area contributed by atoms with Gasteiger partial charge in [-0.15, -0.1) is 0 Å². The first kappa shape index (κ1) is 28.4. The molecule has 0 saturated carbocycles. The van der Waals surface area contributed by atoms with E-state index in [-0.39, 0.29) is 23.0 Å². The smallest absolute Gasteiger partial charge is 0.490 e. The molecule has 1 amide bonds. The molecule has 3 aromatic carbocycles. The fraction of sp³-hybridized carbons (Fsp3) is 0.379. The minimum absolute atomic E-state index is 0.0477. The molecule has 39 heavy (non-hydrogen) atoms. The SMILES string of the molecule is O=C(O)C(F)(F)F.O=C(c1cc2ccccc2cc1O)N1CCCC2(CCCN2Cc2ccc(F)cc2)CC1. The van der Waals surface area contributed by atoms with Crippen molar-refractivity contribution in [2.45, 2.75) is 50.4 Å². The van der Waals surface area contributed by atoms with Gasteiger partial charge in [0, 0.05) is 25.2 Å². The van der Waals surface area contributed by atoms with Crippen LogP contribution in [0.5, 0.6) is 5.75 Å². The van der Waals surface area contributed by atoms with E-state index < -0.39 is 12.1 Å². The number of halogens is 4. The lowest BCUT2D eigenvalue weighted by molar-refractivity contribution is -0.192. The van der Waals surface area contributed by atoms with Crippen molar-refractivity contribution in [3.8, 4) is 5.75 Å². The summed E-state index contributed by atoms with van der Waals surface area (Å²) in [7, 11) is 0. The molecule has 0 aromatic heterocycles. The number of carboxylic acids is 1. The highest BCUT2D eigenvalue weighted by Crippen LogP contribution is 2.40. The number of benzene rings is 3. The summed E-state index contributed by atoms with van der Waals surface area (Å²) in [5.41, 5.74) is 1.61. The number of alkyl halides is 3. The van der Waals surface area contributed by atoms with Gasteiger partial charge in [0.2, 0.25) is 0 Å². The van der Waals surface area contributed by atoms with E-state index in [1.165, 1.54) is 12.1 Å². The quantitative estimate of drug-likeness (QED) is 0.395. The average molecular weight is 547 g/mol. The zero-order valence-corrected chi connectivity index (χ0v) is 21.3. The lowest BCUT2D eigenvalue weighted by Crippen LogP contribution is -2.44. The Morgan fingerprint density at radius 2 is 1.46 bits per heavy atom. The summed E-state index contributed by atoms with van der Waals surface area (Å²) in [6.45, 7) is 3.25. The molecule has 3 aromatic rings. The second-order valence-electron chi connectivity index (χ2n) is 10.0. The monoisotopic (exact) mass is 546 g/mol. The number of carboxylic acid groups (broad SMARTS) is 1. The van der Waals surface area contributed by atoms with Crippen LogP contribution in [0.15, 0.2) is 60.7 Å². The predicted octanol–water partition coefficient (Wildman–Crippen LogP) is 5.98. The summed E-state index contributed by atoms with van der Waals surface area (Å²) >= 11 is 0. The van der Waals surface area contributed by atoms with Gasteiger partial charge in [0.25, 0.3) is 5.91 Å². The van der Waals surface area contributed by atoms with Crippen LogP contribution in [0.25, 0.3) is 10.8 Å². The zero-order chi connectivity index (χ0) is 28.2. The second kappa shape index (κ2) is 11.6. The van der Waals surface area contributed by atoms with Gasteiger partial charge in [-0.05, 0) is 79.3 Å². The van der Waals surface area contributed by atoms with Crippen LogP contribution < -0.4 is 0 Å². The molecule has 2 aliphatic rings. The van der Waals surface area contributed by atoms with Gasteiger partial charge >= 0.3 is 12.1 Å². The van der Waals surface area contributed by atoms with Gasteiger partial charge < -0.3 is 15.1 Å². The maximum atomic E-state index is 13.3. The third-order valence-corrected chi connectivity index (χ3v) is 7.57. The summed E-state index contributed by atoms with van der Waals surface area (Å²) in [4.78, 5) is 26.7. The topological polar surface area (TPSA) is 81.1 Å². The lowest BCUT2D eigenvalue weighted by atomic mass is 9.87. The van der Waals surface area contributed by atoms with Crippen LogP contribution in [0.1, 0.15) is 48.0 Å². The van der Waals surface area contributed by atoms with Crippen LogP contribution in [-0.4, -0.2) is 63.2 Å². The molecule has 0 radical (unpaired) electrons. The van der Waals surface area contributed by atoms with E-state index in [4.69, 9.17) is 9.90 Å². The van der Waals surface area contributed by atoms with E-state index >= 15 is 0 Å². The fourth-order valence-electron chi connectivity index (χ4n) is 5.57. The molecule has 1 spiro atoms. The van der Waals surface area contributed by atoms with E-state index in [2.05, 4.69) is 4.90 Å². The third kappa shape index (κ3) is 6.68. The number of phenolic OH excluding ortho intramolecular Hbond substituents is 1. The lowest BCUT2D eigenvalue weighted by Gasteiger charge is -2.38. The summed E-state index contributed by atoms with van der Waals surface area (Å²) in [6.07, 6.45) is 0.133. The van der Waals surface area contributed by atoms with Crippen LogP contribution in [0, 0.1) is 5.82 Å². The van der Waals surface area contributed by atoms with Crippen molar-refractivity contribution >= 4 is 22.6 Å². The first-order valence-electron chi connectivity index (χ1n) is 12.8. The van der Waals surface area contributed by atoms with Gasteiger partial charge in [0.05, 0.1) is 5.56 Å². The van der Waals surface area contributed by atoms with Crippen molar-refractivity contribution < 1.29 is 37.4 Å². The van der Waals surface area contributed by atoms with Gasteiger partial charge in [-0.25, -0.2) is 9.18 Å². The highest BCUT2D eigenvalue weighted by atomic mass is 19.4. The van der Waals surface area contributed by atoms with Crippen LogP contribution in [0.3, 0.4) is 0 Å². The van der Waals surface area contributed by atoms with Crippen molar-refractivity contribution in [2.24, 2.45) is 0 Å². The summed E-state index contributed by atoms with van der Waals surface area (Å²) < 4.78 is 45.0. The Hall–Kier alpha value is -3.66. The fourth-order valence-corrected chi connectivity index (χ4v) is 5.57. The molecule has 0 aliphatic carbocycles. The van der Waals surface area contributed by atoms with Crippen molar-refractivity contribution in [1.82, 2.24) is 9.80 Å². The Balaban J connectivity index is 0.000000448. The number of hydrogen-bond acceptors (Lipinski definition) is 4. The normalized spacial score (nSPS) is 19.9. The number of fused-ring (bicyclic) bond motifs is 1. The van der Waals surface area contributed by atoms with Crippen molar-refractivity contribution in [2.75, 3.05) is 19.6 Å². The van der Waals surface area contributed by atoms with Crippen LogP contribution in [-0.2, 0) is 11.3 Å². The molecule has 10 heteroatoms. The van der Waals surface area contributed by atoms with E-state index in [1.807, 2.05) is 47.4 Å². The number of rotatable bonds is 3. The maximum Gasteiger partial charge on any atom is 0.490 e. The number of hydrogen-bond donors (Lipinski definition) is 2. The predicted molar refractivity (Wildman–Crippen MR) is 138 cm³/mol. The molecule has 1 unspecified atom stereocenters. The Kier molecular flexibility index (Phi) is 8.44. The first-order valence-corrected chi connectivity index (χ1v) is 12.8. The Morgan fingerprint density at radius 1 is 0.872 bits per heavy atom. The van der Waals surface area contributed by atoms with Crippen molar-refractivity contribution in [1.29, 1.82) is 0 Å². The number of nitrogens with zero attached hydrogens (tertiary/aromatic N) is 2. The second-order valence-corrected chi connectivity index (χ2v) is 10.0. The number of carbonyl (C=O) groups is 2. The van der Waals surface area contributed by atoms with E-state index in [0.717, 1.165) is 61.5 Å². The number of aromatic hydroxyl groups is 1. The number of phenols is 1. The van der Waals surface area contributed by atoms with Gasteiger partial charge in [-0.1, -0.05) is 36.4 Å². The number of amides is 1. The minimum Gasteiger partial charge on any atom is -0.507 e. The molecule has 1 atom stereocenters. The molecule has 5 rings (SSSR count). The van der Waals surface area contributed by atoms with E-state index in [0.29, 0.717) is 18.7 Å².